The molecule has 0 aromatic heterocycles. The van der Waals surface area contributed by atoms with Gasteiger partial charge in [-0.2, -0.15) is 0 Å². The van der Waals surface area contributed by atoms with Gasteiger partial charge in [-0.15, -0.1) is 0 Å². The first-order valence-corrected chi connectivity index (χ1v) is 14.3. The van der Waals surface area contributed by atoms with E-state index < -0.39 is 0 Å². The number of epoxide rings is 1. The van der Waals surface area contributed by atoms with E-state index in [0.29, 0.717) is 22.7 Å². The van der Waals surface area contributed by atoms with Gasteiger partial charge < -0.3 is 14.9 Å². The van der Waals surface area contributed by atoms with Crippen LogP contribution in [0.1, 0.15) is 119 Å². The van der Waals surface area contributed by atoms with E-state index in [4.69, 9.17) is 4.74 Å². The van der Waals surface area contributed by atoms with Crippen LogP contribution >= 0.6 is 0 Å². The summed E-state index contributed by atoms with van der Waals surface area (Å²) in [5, 5.41) is 21.8. The maximum absolute atomic E-state index is 10.9. The van der Waals surface area contributed by atoms with Crippen molar-refractivity contribution >= 4 is 0 Å². The van der Waals surface area contributed by atoms with Crippen molar-refractivity contribution in [2.45, 2.75) is 143 Å². The van der Waals surface area contributed by atoms with Crippen LogP contribution in [0.15, 0.2) is 0 Å². The van der Waals surface area contributed by atoms with E-state index in [9.17, 15) is 10.2 Å². The molecule has 1 heterocycles. The zero-order valence-electron chi connectivity index (χ0n) is 22.5. The Hall–Kier alpha value is -0.120. The van der Waals surface area contributed by atoms with Crippen LogP contribution in [0.3, 0.4) is 0 Å². The maximum atomic E-state index is 10.9. The highest BCUT2D eigenvalue weighted by atomic mass is 16.6. The second-order valence-corrected chi connectivity index (χ2v) is 15.7. The van der Waals surface area contributed by atoms with Gasteiger partial charge >= 0.3 is 0 Å². The van der Waals surface area contributed by atoms with Crippen LogP contribution in [0.5, 0.6) is 0 Å². The molecule has 10 atom stereocenters. The summed E-state index contributed by atoms with van der Waals surface area (Å²) >= 11 is 0. The molecule has 0 amide bonds. The lowest BCUT2D eigenvalue weighted by molar-refractivity contribution is -0.176. The molecule has 2 N–H and O–H groups in total. The van der Waals surface area contributed by atoms with E-state index in [0.717, 1.165) is 25.2 Å². The van der Waals surface area contributed by atoms with Crippen LogP contribution in [0.4, 0.5) is 0 Å². The normalized spacial score (nSPS) is 60.8. The third kappa shape index (κ3) is 2.54. The third-order valence-electron chi connectivity index (χ3n) is 13.9. The molecule has 0 aromatic carbocycles. The number of hydrogen-bond acceptors (Lipinski definition) is 3. The SMILES string of the molecule is CC1(C)C2CC[C@@]3(C)C[C@]45CC[C@H]6C(C)(C)[C@H](O)CC[C@]6(C)[C@@]4(CCC3[C@@]2(C)CC[C@@H]1O)O5. The predicted molar refractivity (Wildman–Crippen MR) is 132 cm³/mol. The molecular weight excluding hydrogens is 408 g/mol. The molecule has 6 fully saturated rings. The zero-order chi connectivity index (χ0) is 23.9. The summed E-state index contributed by atoms with van der Waals surface area (Å²) in [5.74, 6) is 1.89. The topological polar surface area (TPSA) is 53.0 Å². The molecule has 0 bridgehead atoms. The van der Waals surface area contributed by atoms with Gasteiger partial charge in [0.15, 0.2) is 0 Å². The fourth-order valence-corrected chi connectivity index (χ4v) is 12.1. The van der Waals surface area contributed by atoms with E-state index in [-0.39, 0.29) is 39.7 Å². The molecule has 5 aliphatic carbocycles. The molecule has 5 saturated carbocycles. The first-order valence-electron chi connectivity index (χ1n) is 14.3. The minimum Gasteiger partial charge on any atom is -0.393 e. The summed E-state index contributed by atoms with van der Waals surface area (Å²) in [7, 11) is 0. The molecule has 3 nitrogen and oxygen atoms in total. The summed E-state index contributed by atoms with van der Waals surface area (Å²) in [6.07, 6.45) is 12.5. The van der Waals surface area contributed by atoms with Crippen LogP contribution < -0.4 is 0 Å². The van der Waals surface area contributed by atoms with Crippen molar-refractivity contribution in [3.8, 4) is 0 Å². The van der Waals surface area contributed by atoms with Gasteiger partial charge in [0.25, 0.3) is 0 Å². The van der Waals surface area contributed by atoms with Crippen LogP contribution in [-0.2, 0) is 4.74 Å². The molecule has 0 radical (unpaired) electrons. The maximum Gasteiger partial charge on any atom is 0.104 e. The largest absolute Gasteiger partial charge is 0.393 e. The quantitative estimate of drug-likeness (QED) is 0.408. The Bertz CT molecular complexity index is 845. The fraction of sp³-hybridized carbons (Fsp3) is 1.00. The molecule has 3 heteroatoms. The summed E-state index contributed by atoms with van der Waals surface area (Å²) in [6.45, 7) is 17.1. The molecule has 2 unspecified atom stereocenters. The number of ether oxygens (including phenoxy) is 1. The van der Waals surface area contributed by atoms with Crippen molar-refractivity contribution in [2.75, 3.05) is 0 Å². The summed E-state index contributed by atoms with van der Waals surface area (Å²) in [4.78, 5) is 0. The Morgan fingerprint density at radius 1 is 0.606 bits per heavy atom. The molecule has 188 valence electrons. The van der Waals surface area contributed by atoms with Gasteiger partial charge in [-0.3, -0.25) is 0 Å². The van der Waals surface area contributed by atoms with Crippen LogP contribution in [0.25, 0.3) is 0 Å². The van der Waals surface area contributed by atoms with Crippen molar-refractivity contribution in [2.24, 2.45) is 44.8 Å². The smallest absolute Gasteiger partial charge is 0.104 e. The highest BCUT2D eigenvalue weighted by Gasteiger charge is 2.83. The van der Waals surface area contributed by atoms with E-state index in [1.807, 2.05) is 0 Å². The van der Waals surface area contributed by atoms with Crippen LogP contribution in [0.2, 0.25) is 0 Å². The molecule has 0 spiro atoms. The molecule has 6 rings (SSSR count). The minimum atomic E-state index is -0.181. The lowest BCUT2D eigenvalue weighted by Crippen LogP contribution is -2.60. The average Bonchev–Trinajstić information content (AvgIpc) is 3.38. The van der Waals surface area contributed by atoms with Crippen LogP contribution in [0, 0.1) is 44.8 Å². The van der Waals surface area contributed by atoms with Crippen LogP contribution in [-0.4, -0.2) is 33.6 Å². The molecular formula is C30H50O3. The summed E-state index contributed by atoms with van der Waals surface area (Å²) in [6, 6.07) is 0. The number of hydrogen-bond donors (Lipinski definition) is 2. The van der Waals surface area contributed by atoms with Crippen molar-refractivity contribution < 1.29 is 14.9 Å². The molecule has 1 aliphatic heterocycles. The van der Waals surface area contributed by atoms with Gasteiger partial charge in [0.05, 0.1) is 17.8 Å². The Balaban J connectivity index is 1.38. The van der Waals surface area contributed by atoms with Crippen molar-refractivity contribution in [1.82, 2.24) is 0 Å². The average molecular weight is 459 g/mol. The lowest BCUT2D eigenvalue weighted by atomic mass is 9.41. The molecule has 6 aliphatic rings. The fourth-order valence-electron chi connectivity index (χ4n) is 12.1. The monoisotopic (exact) mass is 458 g/mol. The first-order chi connectivity index (χ1) is 15.2. The molecule has 33 heavy (non-hydrogen) atoms. The van der Waals surface area contributed by atoms with Gasteiger partial charge in [-0.1, -0.05) is 48.5 Å². The van der Waals surface area contributed by atoms with Gasteiger partial charge in [-0.05, 0) is 110 Å². The van der Waals surface area contributed by atoms with Gasteiger partial charge in [0, 0.05) is 5.41 Å². The second-order valence-electron chi connectivity index (χ2n) is 15.7. The van der Waals surface area contributed by atoms with Crippen molar-refractivity contribution in [3.63, 3.8) is 0 Å². The van der Waals surface area contributed by atoms with Crippen molar-refractivity contribution in [3.05, 3.63) is 0 Å². The summed E-state index contributed by atoms with van der Waals surface area (Å²) < 4.78 is 7.11. The zero-order valence-corrected chi connectivity index (χ0v) is 22.5. The summed E-state index contributed by atoms with van der Waals surface area (Å²) in [5.41, 5.74) is 0.941. The second kappa shape index (κ2) is 6.41. The standard InChI is InChI=1S/C30H50O3/c1-24(2)19-8-13-26(5)18-29-16-9-20-25(3,4)23(32)12-15-28(20,7)30(29,33-29)17-10-21(26)27(19,6)14-11-22(24)31/h19-23,31-32H,8-18H2,1-7H3/t19?,20-,21?,22-,23+,26-,27-,28-,29+,30+/m0/s1. The van der Waals surface area contributed by atoms with Gasteiger partial charge in [0.2, 0.25) is 0 Å². The van der Waals surface area contributed by atoms with Gasteiger partial charge in [0.1, 0.15) is 5.60 Å². The highest BCUT2D eigenvalue weighted by molar-refractivity contribution is 5.31. The van der Waals surface area contributed by atoms with E-state index in [2.05, 4.69) is 48.5 Å². The van der Waals surface area contributed by atoms with Gasteiger partial charge in [-0.25, -0.2) is 0 Å². The number of rotatable bonds is 0. The predicted octanol–water partition coefficient (Wildman–Crippen LogP) is 6.50. The number of aliphatic hydroxyl groups is 2. The van der Waals surface area contributed by atoms with Crippen molar-refractivity contribution in [1.29, 1.82) is 0 Å². The lowest BCUT2D eigenvalue weighted by Gasteiger charge is -2.64. The van der Waals surface area contributed by atoms with E-state index in [1.165, 1.54) is 51.4 Å². The Morgan fingerprint density at radius 2 is 1.18 bits per heavy atom. The van der Waals surface area contributed by atoms with E-state index >= 15 is 0 Å². The molecule has 1 saturated heterocycles. The Morgan fingerprint density at radius 3 is 1.88 bits per heavy atom. The Labute approximate surface area is 202 Å². The number of aliphatic hydroxyl groups excluding tert-OH is 2. The highest BCUT2D eigenvalue weighted by Crippen LogP contribution is 2.80. The molecule has 0 aromatic rings. The number of fused-ring (bicyclic) bond motifs is 4. The first kappa shape index (κ1) is 23.3. The third-order valence-corrected chi connectivity index (χ3v) is 13.9. The van der Waals surface area contributed by atoms with E-state index in [1.54, 1.807) is 0 Å². The minimum absolute atomic E-state index is 0.0178. The Kier molecular flexibility index (Phi) is 4.52.